The fraction of sp³-hybridized carbons (Fsp3) is 0.452. The second kappa shape index (κ2) is 13.0. The smallest absolute Gasteiger partial charge is 0.416 e. The van der Waals surface area contributed by atoms with Crippen molar-refractivity contribution in [3.05, 3.63) is 77.1 Å². The van der Waals surface area contributed by atoms with Crippen LogP contribution in [0, 0.1) is 17.8 Å². The van der Waals surface area contributed by atoms with Gasteiger partial charge in [0.15, 0.2) is 5.16 Å². The highest BCUT2D eigenvalue weighted by molar-refractivity contribution is 7.99. The molecule has 1 amide bonds. The number of ether oxygens (including phenoxy) is 3. The van der Waals surface area contributed by atoms with Crippen LogP contribution in [0.15, 0.2) is 60.0 Å². The maximum atomic E-state index is 14.0. The van der Waals surface area contributed by atoms with Gasteiger partial charge in [-0.15, -0.1) is 0 Å². The minimum atomic E-state index is -4.64. The van der Waals surface area contributed by atoms with Gasteiger partial charge in [-0.05, 0) is 68.5 Å². The van der Waals surface area contributed by atoms with Crippen molar-refractivity contribution in [1.29, 1.82) is 0 Å². The maximum Gasteiger partial charge on any atom is 0.416 e. The number of hydrogen-bond acceptors (Lipinski definition) is 9. The van der Waals surface area contributed by atoms with E-state index in [2.05, 4.69) is 20.5 Å². The molecule has 2 aromatic carbocycles. The highest BCUT2D eigenvalue weighted by Crippen LogP contribution is 2.66. The van der Waals surface area contributed by atoms with Crippen LogP contribution in [0.3, 0.4) is 0 Å². The number of rotatable bonds is 9. The maximum absolute atomic E-state index is 14.0. The number of H-pyrrole nitrogens is 1. The largest absolute Gasteiger partial charge is 0.461 e. The molecule has 0 bridgehead atoms. The number of aromatic amines is 1. The molecule has 0 unspecified atom stereocenters. The van der Waals surface area contributed by atoms with E-state index in [-0.39, 0.29) is 17.5 Å². The first-order valence-corrected chi connectivity index (χ1v) is 15.4. The Morgan fingerprint density at radius 3 is 2.04 bits per heavy atom. The molecule has 2 saturated carbocycles. The lowest BCUT2D eigenvalue weighted by Crippen LogP contribution is -2.58. The molecule has 5 rings (SSSR count). The Morgan fingerprint density at radius 2 is 1.52 bits per heavy atom. The topological polar surface area (TPSA) is 132 Å². The lowest BCUT2D eigenvalue weighted by Gasteiger charge is -2.33. The molecular weight excluding hydrogens is 670 g/mol. The molecular formula is C31H30F6N4O6S. The minimum Gasteiger partial charge on any atom is -0.461 e. The summed E-state index contributed by atoms with van der Waals surface area (Å²) in [7, 11) is 0. The van der Waals surface area contributed by atoms with Crippen LogP contribution in [0.5, 0.6) is 0 Å². The fourth-order valence-corrected chi connectivity index (χ4v) is 7.28. The first-order valence-electron chi connectivity index (χ1n) is 14.6. The third kappa shape index (κ3) is 7.88. The van der Waals surface area contributed by atoms with Gasteiger partial charge >= 0.3 is 30.4 Å². The molecule has 5 atom stereocenters. The molecule has 0 radical (unpaired) electrons. The number of esters is 2. The summed E-state index contributed by atoms with van der Waals surface area (Å²) < 4.78 is 95.9. The monoisotopic (exact) mass is 700 g/mol. The predicted octanol–water partition coefficient (Wildman–Crippen LogP) is 6.32. The summed E-state index contributed by atoms with van der Waals surface area (Å²) in [5.41, 5.74) is -4.66. The molecule has 3 aromatic rings. The Bertz CT molecular complexity index is 1660. The molecule has 2 N–H and O–H groups in total. The third-order valence-corrected chi connectivity index (χ3v) is 9.08. The normalized spacial score (nSPS) is 23.6. The average molecular weight is 701 g/mol. The van der Waals surface area contributed by atoms with Crippen LogP contribution in [0.25, 0.3) is 0 Å². The van der Waals surface area contributed by atoms with E-state index in [1.165, 1.54) is 24.5 Å². The molecule has 0 saturated heterocycles. The summed E-state index contributed by atoms with van der Waals surface area (Å²) in [4.78, 5) is 44.6. The van der Waals surface area contributed by atoms with Gasteiger partial charge in [-0.3, -0.25) is 9.89 Å². The zero-order valence-corrected chi connectivity index (χ0v) is 26.5. The minimum absolute atomic E-state index is 0.0283. The van der Waals surface area contributed by atoms with Crippen LogP contribution in [0.4, 0.5) is 31.1 Å². The number of thioether (sulfide) groups is 1. The Balaban J connectivity index is 1.42. The van der Waals surface area contributed by atoms with Gasteiger partial charge in [-0.25, -0.2) is 14.6 Å². The summed E-state index contributed by atoms with van der Waals surface area (Å²) in [6, 6.07) is 8.45. The van der Waals surface area contributed by atoms with E-state index < -0.39 is 88.9 Å². The molecule has 10 nitrogen and oxygen atoms in total. The van der Waals surface area contributed by atoms with Crippen molar-refractivity contribution in [2.75, 3.05) is 0 Å². The number of alkyl halides is 6. The molecule has 1 heterocycles. The number of hydrogen-bond donors (Lipinski definition) is 2. The zero-order valence-electron chi connectivity index (χ0n) is 25.6. The molecule has 2 aliphatic carbocycles. The predicted molar refractivity (Wildman–Crippen MR) is 156 cm³/mol. The molecule has 1 aromatic heterocycles. The van der Waals surface area contributed by atoms with E-state index in [0.29, 0.717) is 5.16 Å². The van der Waals surface area contributed by atoms with Gasteiger partial charge in [0, 0.05) is 11.2 Å². The van der Waals surface area contributed by atoms with Crippen LogP contribution in [0.1, 0.15) is 49.4 Å². The lowest BCUT2D eigenvalue weighted by atomic mass is 9.90. The quantitative estimate of drug-likeness (QED) is 0.150. The number of benzene rings is 2. The van der Waals surface area contributed by atoms with Gasteiger partial charge in [0.2, 0.25) is 0 Å². The number of nitrogens with zero attached hydrogens (tertiary/aromatic N) is 2. The lowest BCUT2D eigenvalue weighted by molar-refractivity contribution is -0.155. The van der Waals surface area contributed by atoms with Crippen molar-refractivity contribution < 1.29 is 54.9 Å². The highest BCUT2D eigenvalue weighted by Gasteiger charge is 2.76. The van der Waals surface area contributed by atoms with Crippen LogP contribution in [-0.4, -0.2) is 49.6 Å². The standard InChI is InChI=1S/C31H30F6N4O6S/c1-28(2,3)47-27(44)40-29(25(43)46-14-17-7-5-9-19(11-17)31(35,36)37)12-20(48-26-38-15-39-41-26)21-22(23(21)29)24(42)45-13-16-6-4-8-18(10-16)30(32,33)34/h4-11,15,20-23H,12-14H2,1-3H3,(H,40,44)(H,38,39,41)/t20-,21-,22-,23-,29-/m0/s1. The van der Waals surface area contributed by atoms with Crippen molar-refractivity contribution in [2.24, 2.45) is 17.8 Å². The average Bonchev–Trinajstić information content (AvgIpc) is 3.38. The first-order chi connectivity index (χ1) is 22.4. The second-order valence-corrected chi connectivity index (χ2v) is 13.7. The van der Waals surface area contributed by atoms with Crippen molar-refractivity contribution in [1.82, 2.24) is 20.5 Å². The van der Waals surface area contributed by atoms with Crippen molar-refractivity contribution in [3.63, 3.8) is 0 Å². The number of aromatic nitrogens is 3. The number of halogens is 6. The van der Waals surface area contributed by atoms with Crippen LogP contribution < -0.4 is 5.32 Å². The first kappa shape index (κ1) is 35.0. The van der Waals surface area contributed by atoms with E-state index in [1.54, 1.807) is 20.8 Å². The van der Waals surface area contributed by atoms with Gasteiger partial charge in [0.1, 0.15) is 30.7 Å². The Kier molecular flexibility index (Phi) is 9.47. The summed E-state index contributed by atoms with van der Waals surface area (Å²) in [6.07, 6.45) is -9.10. The number of alkyl carbamates (subject to hydrolysis) is 1. The Labute approximate surface area is 274 Å². The van der Waals surface area contributed by atoms with E-state index in [0.717, 1.165) is 42.1 Å². The highest BCUT2D eigenvalue weighted by atomic mass is 32.2. The summed E-state index contributed by atoms with van der Waals surface area (Å²) in [6.45, 7) is 3.70. The molecule has 0 aliphatic heterocycles. The number of carbonyl (C=O) groups excluding carboxylic acids is 3. The van der Waals surface area contributed by atoms with E-state index in [4.69, 9.17) is 14.2 Å². The van der Waals surface area contributed by atoms with E-state index in [9.17, 15) is 40.7 Å². The Hall–Kier alpha value is -4.28. The van der Waals surface area contributed by atoms with E-state index >= 15 is 0 Å². The Morgan fingerprint density at radius 1 is 0.938 bits per heavy atom. The SMILES string of the molecule is CC(C)(C)OC(=O)N[C@@]1(C(=O)OCc2cccc(C(F)(F)F)c2)C[C@H](Sc2ncn[nH]2)[C@H]2[C@H](C(=O)OCc3cccc(C(F)(F)F)c3)[C@H]21. The van der Waals surface area contributed by atoms with Gasteiger partial charge in [0.05, 0.1) is 17.0 Å². The summed E-state index contributed by atoms with van der Waals surface area (Å²) >= 11 is 1.14. The molecule has 2 fully saturated rings. The fourth-order valence-electron chi connectivity index (χ4n) is 5.93. The van der Waals surface area contributed by atoms with Crippen molar-refractivity contribution in [2.45, 2.75) is 74.3 Å². The van der Waals surface area contributed by atoms with Gasteiger partial charge < -0.3 is 19.5 Å². The van der Waals surface area contributed by atoms with Gasteiger partial charge in [0.25, 0.3) is 0 Å². The number of carbonyl (C=O) groups is 3. The number of amides is 1. The van der Waals surface area contributed by atoms with Crippen molar-refractivity contribution >= 4 is 29.8 Å². The number of fused-ring (bicyclic) bond motifs is 1. The summed E-state index contributed by atoms with van der Waals surface area (Å²) in [5, 5.41) is 8.85. The number of nitrogens with one attached hydrogen (secondary N) is 2. The summed E-state index contributed by atoms with van der Waals surface area (Å²) in [5.74, 6) is -4.39. The van der Waals surface area contributed by atoms with Crippen LogP contribution in [-0.2, 0) is 49.4 Å². The van der Waals surface area contributed by atoms with Crippen molar-refractivity contribution in [3.8, 4) is 0 Å². The molecule has 17 heteroatoms. The molecule has 2 aliphatic rings. The van der Waals surface area contributed by atoms with E-state index in [1.807, 2.05) is 0 Å². The van der Waals surface area contributed by atoms with Crippen LogP contribution in [0.2, 0.25) is 0 Å². The second-order valence-electron chi connectivity index (χ2n) is 12.5. The third-order valence-electron chi connectivity index (χ3n) is 7.87. The van der Waals surface area contributed by atoms with Gasteiger partial charge in [-0.1, -0.05) is 36.0 Å². The van der Waals surface area contributed by atoms with Gasteiger partial charge in [-0.2, -0.15) is 31.4 Å². The molecule has 48 heavy (non-hydrogen) atoms. The van der Waals surface area contributed by atoms with Crippen LogP contribution >= 0.6 is 11.8 Å². The molecule has 0 spiro atoms. The molecule has 258 valence electrons. The zero-order chi connectivity index (χ0) is 35.1.